The van der Waals surface area contributed by atoms with E-state index in [1.807, 2.05) is 25.1 Å². The van der Waals surface area contributed by atoms with Crippen molar-refractivity contribution in [2.24, 2.45) is 5.92 Å². The fourth-order valence-electron chi connectivity index (χ4n) is 3.01. The van der Waals surface area contributed by atoms with Gasteiger partial charge in [0, 0.05) is 28.6 Å². The van der Waals surface area contributed by atoms with Crippen LogP contribution in [0.1, 0.15) is 28.9 Å². The number of carbonyl (C=O) groups excluding carboxylic acids is 1. The molecule has 23 heavy (non-hydrogen) atoms. The lowest BCUT2D eigenvalue weighted by Gasteiger charge is -2.30. The Balaban J connectivity index is 1.92. The number of carboxylic acid groups (broad SMARTS) is 1. The molecule has 0 aliphatic carbocycles. The molecule has 2 aromatic rings. The van der Waals surface area contributed by atoms with E-state index in [1.165, 1.54) is 0 Å². The smallest absolute Gasteiger partial charge is 0.306 e. The van der Waals surface area contributed by atoms with Crippen molar-refractivity contribution in [3.63, 3.8) is 0 Å². The molecule has 5 nitrogen and oxygen atoms in total. The fourth-order valence-corrected chi connectivity index (χ4v) is 3.37. The van der Waals surface area contributed by atoms with E-state index in [9.17, 15) is 9.59 Å². The van der Waals surface area contributed by atoms with Crippen LogP contribution in [-0.2, 0) is 4.79 Å². The van der Waals surface area contributed by atoms with E-state index in [2.05, 4.69) is 20.9 Å². The maximum atomic E-state index is 12.9. The zero-order chi connectivity index (χ0) is 16.6. The molecule has 1 aliphatic rings. The summed E-state index contributed by atoms with van der Waals surface area (Å²) in [5, 5.41) is 9.89. The van der Waals surface area contributed by atoms with Crippen LogP contribution in [-0.4, -0.2) is 40.0 Å². The molecule has 1 fully saturated rings. The summed E-state index contributed by atoms with van der Waals surface area (Å²) in [7, 11) is 0. The first-order valence-electron chi connectivity index (χ1n) is 7.54. The number of fused-ring (bicyclic) bond motifs is 1. The van der Waals surface area contributed by atoms with Gasteiger partial charge in [0.05, 0.1) is 17.0 Å². The van der Waals surface area contributed by atoms with Crippen molar-refractivity contribution < 1.29 is 14.7 Å². The number of pyridine rings is 1. The van der Waals surface area contributed by atoms with Gasteiger partial charge in [-0.1, -0.05) is 15.9 Å². The molecular weight excluding hydrogens is 360 g/mol. The van der Waals surface area contributed by atoms with Crippen molar-refractivity contribution in [1.82, 2.24) is 9.88 Å². The Morgan fingerprint density at radius 3 is 2.61 bits per heavy atom. The van der Waals surface area contributed by atoms with Gasteiger partial charge in [-0.2, -0.15) is 0 Å². The topological polar surface area (TPSA) is 70.5 Å². The van der Waals surface area contributed by atoms with Crippen LogP contribution in [0.15, 0.2) is 28.7 Å². The van der Waals surface area contributed by atoms with Crippen molar-refractivity contribution in [3.8, 4) is 0 Å². The highest BCUT2D eigenvalue weighted by Gasteiger charge is 2.28. The standard InChI is InChI=1S/C17H17BrN2O3/c1-10-8-14(13-9-12(18)2-3-15(13)19-10)16(21)20-6-4-11(5-7-20)17(22)23/h2-3,8-9,11H,4-7H2,1H3,(H,22,23). The summed E-state index contributed by atoms with van der Waals surface area (Å²) in [5.41, 5.74) is 2.21. The van der Waals surface area contributed by atoms with Crippen LogP contribution in [0.5, 0.6) is 0 Å². The number of halogens is 1. The number of nitrogens with zero attached hydrogens (tertiary/aromatic N) is 2. The Hall–Kier alpha value is -1.95. The molecule has 3 rings (SSSR count). The molecule has 1 aliphatic heterocycles. The van der Waals surface area contributed by atoms with E-state index in [0.29, 0.717) is 31.5 Å². The average molecular weight is 377 g/mol. The number of benzene rings is 1. The number of aryl methyl sites for hydroxylation is 1. The number of amides is 1. The number of carboxylic acids is 1. The quantitative estimate of drug-likeness (QED) is 0.872. The maximum absolute atomic E-state index is 12.9. The minimum absolute atomic E-state index is 0.0533. The summed E-state index contributed by atoms with van der Waals surface area (Å²) in [4.78, 5) is 30.1. The van der Waals surface area contributed by atoms with Gasteiger partial charge in [-0.15, -0.1) is 0 Å². The highest BCUT2D eigenvalue weighted by Crippen LogP contribution is 2.26. The molecule has 1 saturated heterocycles. The second kappa shape index (κ2) is 6.28. The molecule has 1 aromatic carbocycles. The van der Waals surface area contributed by atoms with Crippen LogP contribution < -0.4 is 0 Å². The summed E-state index contributed by atoms with van der Waals surface area (Å²) in [6, 6.07) is 7.50. The predicted molar refractivity (Wildman–Crippen MR) is 90.4 cm³/mol. The van der Waals surface area contributed by atoms with Gasteiger partial charge in [-0.3, -0.25) is 14.6 Å². The summed E-state index contributed by atoms with van der Waals surface area (Å²) in [5.74, 6) is -1.17. The molecule has 0 saturated carbocycles. The molecule has 0 radical (unpaired) electrons. The third-order valence-electron chi connectivity index (χ3n) is 4.26. The van der Waals surface area contributed by atoms with Gasteiger partial charge in [-0.25, -0.2) is 0 Å². The molecule has 2 heterocycles. The summed E-state index contributed by atoms with van der Waals surface area (Å²) in [6.07, 6.45) is 1.01. The predicted octanol–water partition coefficient (Wildman–Crippen LogP) is 3.24. The van der Waals surface area contributed by atoms with E-state index in [4.69, 9.17) is 5.11 Å². The van der Waals surface area contributed by atoms with E-state index in [1.54, 1.807) is 11.0 Å². The van der Waals surface area contributed by atoms with Crippen molar-refractivity contribution in [2.45, 2.75) is 19.8 Å². The van der Waals surface area contributed by atoms with Crippen molar-refractivity contribution >= 4 is 38.7 Å². The molecule has 1 N–H and O–H groups in total. The molecule has 0 spiro atoms. The van der Waals surface area contributed by atoms with E-state index >= 15 is 0 Å². The molecule has 0 unspecified atom stereocenters. The number of aromatic nitrogens is 1. The molecular formula is C17H17BrN2O3. The molecule has 1 amide bonds. The van der Waals surface area contributed by atoms with Crippen molar-refractivity contribution in [3.05, 3.63) is 40.0 Å². The Bertz CT molecular complexity index is 783. The SMILES string of the molecule is Cc1cc(C(=O)N2CCC(C(=O)O)CC2)c2cc(Br)ccc2n1. The largest absolute Gasteiger partial charge is 0.481 e. The van der Waals surface area contributed by atoms with Crippen LogP contribution in [0, 0.1) is 12.8 Å². The number of likely N-dealkylation sites (tertiary alicyclic amines) is 1. The lowest BCUT2D eigenvalue weighted by atomic mass is 9.96. The van der Waals surface area contributed by atoms with Crippen LogP contribution >= 0.6 is 15.9 Å². The normalized spacial score (nSPS) is 15.8. The molecule has 1 aromatic heterocycles. The number of aliphatic carboxylic acids is 1. The second-order valence-corrected chi connectivity index (χ2v) is 6.79. The Kier molecular flexibility index (Phi) is 4.35. The molecule has 120 valence electrons. The number of piperidine rings is 1. The third kappa shape index (κ3) is 3.22. The number of carbonyl (C=O) groups is 2. The van der Waals surface area contributed by atoms with Gasteiger partial charge < -0.3 is 10.0 Å². The lowest BCUT2D eigenvalue weighted by Crippen LogP contribution is -2.40. The van der Waals surface area contributed by atoms with E-state index in [-0.39, 0.29) is 11.8 Å². The molecule has 6 heteroatoms. The second-order valence-electron chi connectivity index (χ2n) is 5.88. The summed E-state index contributed by atoms with van der Waals surface area (Å²) >= 11 is 3.44. The fraction of sp³-hybridized carbons (Fsp3) is 0.353. The van der Waals surface area contributed by atoms with Gasteiger partial charge in [0.1, 0.15) is 0 Å². The van der Waals surface area contributed by atoms with Gasteiger partial charge >= 0.3 is 5.97 Å². The van der Waals surface area contributed by atoms with Crippen molar-refractivity contribution in [2.75, 3.05) is 13.1 Å². The van der Waals surface area contributed by atoms with Gasteiger partial charge in [0.2, 0.25) is 0 Å². The first-order valence-corrected chi connectivity index (χ1v) is 8.34. The Labute approximate surface area is 142 Å². The average Bonchev–Trinajstić information content (AvgIpc) is 2.54. The number of hydrogen-bond donors (Lipinski definition) is 1. The Morgan fingerprint density at radius 2 is 1.96 bits per heavy atom. The lowest BCUT2D eigenvalue weighted by molar-refractivity contribution is -0.143. The molecule has 0 bridgehead atoms. The minimum atomic E-state index is -0.772. The van der Waals surface area contributed by atoms with Crippen LogP contribution in [0.2, 0.25) is 0 Å². The van der Waals surface area contributed by atoms with Gasteiger partial charge in [-0.05, 0) is 44.0 Å². The molecule has 0 atom stereocenters. The highest BCUT2D eigenvalue weighted by molar-refractivity contribution is 9.10. The first-order chi connectivity index (χ1) is 11.0. The van der Waals surface area contributed by atoms with E-state index < -0.39 is 5.97 Å². The van der Waals surface area contributed by atoms with Gasteiger partial charge in [0.15, 0.2) is 0 Å². The van der Waals surface area contributed by atoms with Crippen LogP contribution in [0.25, 0.3) is 10.9 Å². The van der Waals surface area contributed by atoms with Crippen LogP contribution in [0.3, 0.4) is 0 Å². The monoisotopic (exact) mass is 376 g/mol. The van der Waals surface area contributed by atoms with Gasteiger partial charge in [0.25, 0.3) is 5.91 Å². The zero-order valence-electron chi connectivity index (χ0n) is 12.8. The number of rotatable bonds is 2. The summed E-state index contributed by atoms with van der Waals surface area (Å²) < 4.78 is 0.897. The highest BCUT2D eigenvalue weighted by atomic mass is 79.9. The number of hydrogen-bond acceptors (Lipinski definition) is 3. The maximum Gasteiger partial charge on any atom is 0.306 e. The third-order valence-corrected chi connectivity index (χ3v) is 4.75. The minimum Gasteiger partial charge on any atom is -0.481 e. The van der Waals surface area contributed by atoms with Crippen LogP contribution in [0.4, 0.5) is 0 Å². The Morgan fingerprint density at radius 1 is 1.26 bits per heavy atom. The first kappa shape index (κ1) is 15.9. The summed E-state index contributed by atoms with van der Waals surface area (Å²) in [6.45, 7) is 2.83. The van der Waals surface area contributed by atoms with E-state index in [0.717, 1.165) is 21.1 Å². The van der Waals surface area contributed by atoms with Crippen molar-refractivity contribution in [1.29, 1.82) is 0 Å². The zero-order valence-corrected chi connectivity index (χ0v) is 14.3.